The van der Waals surface area contributed by atoms with Gasteiger partial charge in [0.05, 0.1) is 0 Å². The van der Waals surface area contributed by atoms with Crippen molar-refractivity contribution in [3.63, 3.8) is 0 Å². The highest BCUT2D eigenvalue weighted by Gasteiger charge is 2.42. The molecular formula is C17H14F2N2O3. The van der Waals surface area contributed by atoms with Crippen molar-refractivity contribution in [1.82, 2.24) is 9.96 Å². The van der Waals surface area contributed by atoms with Crippen LogP contribution < -0.4 is 0 Å². The number of aryl methyl sites for hydroxylation is 1. The summed E-state index contributed by atoms with van der Waals surface area (Å²) >= 11 is 0. The topological polar surface area (TPSA) is 60.9 Å². The van der Waals surface area contributed by atoms with Crippen molar-refractivity contribution >= 4 is 11.8 Å². The maximum absolute atomic E-state index is 13.9. The van der Waals surface area contributed by atoms with Crippen molar-refractivity contribution in [2.24, 2.45) is 0 Å². The van der Waals surface area contributed by atoms with Gasteiger partial charge in [-0.1, -0.05) is 35.9 Å². The van der Waals surface area contributed by atoms with Gasteiger partial charge in [0.1, 0.15) is 23.7 Å². The van der Waals surface area contributed by atoms with Crippen LogP contribution in [-0.4, -0.2) is 33.5 Å². The molecule has 0 saturated carbocycles. The molecule has 0 aromatic heterocycles. The molecule has 1 unspecified atom stereocenters. The summed E-state index contributed by atoms with van der Waals surface area (Å²) in [6.45, 7) is 1.34. The molecule has 2 aromatic rings. The lowest BCUT2D eigenvalue weighted by Crippen LogP contribution is -2.35. The third-order valence-electron chi connectivity index (χ3n) is 3.87. The van der Waals surface area contributed by atoms with Crippen molar-refractivity contribution in [2.45, 2.75) is 13.1 Å². The van der Waals surface area contributed by atoms with Crippen LogP contribution in [0.15, 0.2) is 42.5 Å². The Bertz CT molecular complexity index is 805. The van der Waals surface area contributed by atoms with Gasteiger partial charge in [-0.25, -0.2) is 8.78 Å². The molecule has 0 bridgehead atoms. The SMILES string of the molecule is Cc1cccc(C2N(O)C(=O)CN2C(=O)c2c(F)cccc2F)c1. The Balaban J connectivity index is 2.05. The van der Waals surface area contributed by atoms with E-state index >= 15 is 0 Å². The number of hydrogen-bond acceptors (Lipinski definition) is 3. The second-order valence-electron chi connectivity index (χ2n) is 5.56. The van der Waals surface area contributed by atoms with Gasteiger partial charge in [-0.3, -0.25) is 14.8 Å². The van der Waals surface area contributed by atoms with Crippen LogP contribution in [0.3, 0.4) is 0 Å². The quantitative estimate of drug-likeness (QED) is 0.860. The Morgan fingerprint density at radius 1 is 1.17 bits per heavy atom. The monoisotopic (exact) mass is 332 g/mol. The van der Waals surface area contributed by atoms with Gasteiger partial charge in [-0.05, 0) is 24.6 Å². The van der Waals surface area contributed by atoms with E-state index in [9.17, 15) is 23.6 Å². The summed E-state index contributed by atoms with van der Waals surface area (Å²) in [5.74, 6) is -3.77. The lowest BCUT2D eigenvalue weighted by Gasteiger charge is -2.27. The van der Waals surface area contributed by atoms with Gasteiger partial charge in [0.25, 0.3) is 11.8 Å². The summed E-state index contributed by atoms with van der Waals surface area (Å²) in [6, 6.07) is 9.90. The molecular weight excluding hydrogens is 318 g/mol. The van der Waals surface area contributed by atoms with Crippen molar-refractivity contribution in [3.8, 4) is 0 Å². The minimum absolute atomic E-state index is 0.408. The van der Waals surface area contributed by atoms with Crippen LogP contribution >= 0.6 is 0 Å². The minimum Gasteiger partial charge on any atom is -0.302 e. The number of rotatable bonds is 2. The summed E-state index contributed by atoms with van der Waals surface area (Å²) in [7, 11) is 0. The van der Waals surface area contributed by atoms with Crippen LogP contribution in [0.2, 0.25) is 0 Å². The summed E-state index contributed by atoms with van der Waals surface area (Å²) < 4.78 is 27.8. The van der Waals surface area contributed by atoms with Gasteiger partial charge in [-0.15, -0.1) is 0 Å². The van der Waals surface area contributed by atoms with Gasteiger partial charge < -0.3 is 4.90 Å². The summed E-state index contributed by atoms with van der Waals surface area (Å²) in [5.41, 5.74) is 0.566. The third-order valence-corrected chi connectivity index (χ3v) is 3.87. The average Bonchev–Trinajstić information content (AvgIpc) is 2.82. The van der Waals surface area contributed by atoms with E-state index in [-0.39, 0.29) is 0 Å². The normalized spacial score (nSPS) is 17.5. The van der Waals surface area contributed by atoms with Crippen LogP contribution in [0.1, 0.15) is 27.7 Å². The smallest absolute Gasteiger partial charge is 0.267 e. The van der Waals surface area contributed by atoms with E-state index in [1.807, 2.05) is 13.0 Å². The predicted octanol–water partition coefficient (Wildman–Crippen LogP) is 2.65. The molecule has 0 spiro atoms. The number of amides is 2. The Hall–Kier alpha value is -2.80. The fourth-order valence-electron chi connectivity index (χ4n) is 2.75. The maximum atomic E-state index is 13.9. The van der Waals surface area contributed by atoms with E-state index in [4.69, 9.17) is 0 Å². The highest BCUT2D eigenvalue weighted by molar-refractivity contribution is 5.98. The number of halogens is 2. The van der Waals surface area contributed by atoms with Gasteiger partial charge in [0, 0.05) is 0 Å². The average molecular weight is 332 g/mol. The molecule has 0 aliphatic carbocycles. The Morgan fingerprint density at radius 2 is 1.79 bits per heavy atom. The predicted molar refractivity (Wildman–Crippen MR) is 79.9 cm³/mol. The molecule has 2 aromatic carbocycles. The number of hydroxylamine groups is 2. The zero-order chi connectivity index (χ0) is 17.4. The first-order valence-corrected chi connectivity index (χ1v) is 7.22. The third kappa shape index (κ3) is 2.63. The first kappa shape index (κ1) is 16.1. The van der Waals surface area contributed by atoms with Crippen LogP contribution in [0, 0.1) is 18.6 Å². The zero-order valence-corrected chi connectivity index (χ0v) is 12.7. The molecule has 5 nitrogen and oxygen atoms in total. The van der Waals surface area contributed by atoms with Gasteiger partial charge in [-0.2, -0.15) is 5.06 Å². The molecule has 7 heteroatoms. The summed E-state index contributed by atoms with van der Waals surface area (Å²) in [4.78, 5) is 25.4. The lowest BCUT2D eigenvalue weighted by atomic mass is 10.1. The van der Waals surface area contributed by atoms with E-state index in [0.29, 0.717) is 10.6 Å². The molecule has 124 valence electrons. The van der Waals surface area contributed by atoms with Gasteiger partial charge >= 0.3 is 0 Å². The summed E-state index contributed by atoms with van der Waals surface area (Å²) in [6.07, 6.45) is -1.14. The van der Waals surface area contributed by atoms with Gasteiger partial charge in [0.2, 0.25) is 0 Å². The second kappa shape index (κ2) is 6.01. The fraction of sp³-hybridized carbons (Fsp3) is 0.176. The second-order valence-corrected chi connectivity index (χ2v) is 5.56. The number of benzene rings is 2. The Morgan fingerprint density at radius 3 is 2.42 bits per heavy atom. The van der Waals surface area contributed by atoms with Crippen molar-refractivity contribution in [2.75, 3.05) is 6.54 Å². The molecule has 24 heavy (non-hydrogen) atoms. The Kier molecular flexibility index (Phi) is 4.02. The molecule has 1 atom stereocenters. The molecule has 2 amide bonds. The summed E-state index contributed by atoms with van der Waals surface area (Å²) in [5, 5.41) is 10.4. The van der Waals surface area contributed by atoms with Crippen molar-refractivity contribution in [3.05, 3.63) is 70.8 Å². The molecule has 1 aliphatic heterocycles. The lowest BCUT2D eigenvalue weighted by molar-refractivity contribution is -0.168. The molecule has 1 N–H and O–H groups in total. The molecule has 0 radical (unpaired) electrons. The fourth-order valence-corrected chi connectivity index (χ4v) is 2.75. The van der Waals surface area contributed by atoms with E-state index in [1.165, 1.54) is 0 Å². The largest absolute Gasteiger partial charge is 0.302 e. The first-order chi connectivity index (χ1) is 11.4. The highest BCUT2D eigenvalue weighted by Crippen LogP contribution is 2.32. The highest BCUT2D eigenvalue weighted by atomic mass is 19.1. The Labute approximate surface area is 136 Å². The molecule has 1 heterocycles. The number of carbonyl (C=O) groups is 2. The van der Waals surface area contributed by atoms with E-state index < -0.39 is 41.7 Å². The molecule has 1 saturated heterocycles. The number of hydrogen-bond donors (Lipinski definition) is 1. The first-order valence-electron chi connectivity index (χ1n) is 7.22. The molecule has 3 rings (SSSR count). The van der Waals surface area contributed by atoms with E-state index in [0.717, 1.165) is 28.7 Å². The van der Waals surface area contributed by atoms with Crippen LogP contribution in [0.4, 0.5) is 8.78 Å². The standard InChI is InChI=1S/C17H14F2N2O3/c1-10-4-2-5-11(8-10)16-20(9-14(22)21(16)24)17(23)15-12(18)6-3-7-13(15)19/h2-8,16,24H,9H2,1H3. The van der Waals surface area contributed by atoms with Crippen LogP contribution in [-0.2, 0) is 4.79 Å². The zero-order valence-electron chi connectivity index (χ0n) is 12.7. The van der Waals surface area contributed by atoms with Crippen molar-refractivity contribution < 1.29 is 23.6 Å². The molecule has 1 fully saturated rings. The van der Waals surface area contributed by atoms with Gasteiger partial charge in [0.15, 0.2) is 6.17 Å². The van der Waals surface area contributed by atoms with E-state index in [2.05, 4.69) is 0 Å². The van der Waals surface area contributed by atoms with E-state index in [1.54, 1.807) is 18.2 Å². The molecule has 1 aliphatic rings. The van der Waals surface area contributed by atoms with Crippen LogP contribution in [0.5, 0.6) is 0 Å². The number of carbonyl (C=O) groups excluding carboxylic acids is 2. The maximum Gasteiger partial charge on any atom is 0.267 e. The van der Waals surface area contributed by atoms with Crippen molar-refractivity contribution in [1.29, 1.82) is 0 Å². The van der Waals surface area contributed by atoms with Crippen LogP contribution in [0.25, 0.3) is 0 Å². The number of nitrogens with zero attached hydrogens (tertiary/aromatic N) is 2. The minimum atomic E-state index is -1.14.